The van der Waals surface area contributed by atoms with Gasteiger partial charge in [0, 0.05) is 25.4 Å². The smallest absolute Gasteiger partial charge is 0.0989 e. The van der Waals surface area contributed by atoms with E-state index in [0.717, 1.165) is 29.6 Å². The van der Waals surface area contributed by atoms with Crippen molar-refractivity contribution in [3.63, 3.8) is 0 Å². The summed E-state index contributed by atoms with van der Waals surface area (Å²) in [5.41, 5.74) is 10.1. The van der Waals surface area contributed by atoms with E-state index in [1.54, 1.807) is 22.3 Å². The van der Waals surface area contributed by atoms with Crippen LogP contribution in [0.2, 0.25) is 0 Å². The molecule has 8 aliphatic rings. The van der Waals surface area contributed by atoms with Gasteiger partial charge in [-0.1, -0.05) is 92.2 Å². The van der Waals surface area contributed by atoms with Crippen molar-refractivity contribution in [3.8, 4) is 0 Å². The first-order chi connectivity index (χ1) is 23.4. The summed E-state index contributed by atoms with van der Waals surface area (Å²) in [6.07, 6.45) is 42.9. The molecule has 0 N–H and O–H groups in total. The molecular formula is C45H67N3. The summed E-state index contributed by atoms with van der Waals surface area (Å²) in [5, 5.41) is 5.61. The van der Waals surface area contributed by atoms with Crippen LogP contribution in [-0.4, -0.2) is 47.9 Å². The largest absolute Gasteiger partial charge is 0.269 e. The topological polar surface area (TPSA) is 9.72 Å². The predicted molar refractivity (Wildman–Crippen MR) is 202 cm³/mol. The Labute approximate surface area is 294 Å². The van der Waals surface area contributed by atoms with Gasteiger partial charge >= 0.3 is 0 Å². The van der Waals surface area contributed by atoms with Crippen LogP contribution in [0.1, 0.15) is 136 Å². The molecule has 3 heteroatoms. The lowest BCUT2D eigenvalue weighted by molar-refractivity contribution is -0.0292. The van der Waals surface area contributed by atoms with Gasteiger partial charge in [0.05, 0.1) is 12.3 Å². The van der Waals surface area contributed by atoms with E-state index in [1.807, 2.05) is 5.57 Å². The molecule has 1 heterocycles. The maximum absolute atomic E-state index is 2.90. The molecule has 0 aromatic carbocycles. The van der Waals surface area contributed by atoms with Gasteiger partial charge in [0.1, 0.15) is 0 Å². The molecule has 8 rings (SSSR count). The molecule has 3 nitrogen and oxygen atoms in total. The molecular weight excluding hydrogens is 583 g/mol. The maximum atomic E-state index is 2.90. The van der Waals surface area contributed by atoms with Crippen molar-refractivity contribution < 1.29 is 0 Å². The van der Waals surface area contributed by atoms with E-state index in [0.29, 0.717) is 24.2 Å². The zero-order valence-corrected chi connectivity index (χ0v) is 31.1. The Bertz CT molecular complexity index is 1370. The van der Waals surface area contributed by atoms with E-state index in [1.165, 1.54) is 134 Å². The van der Waals surface area contributed by atoms with Crippen LogP contribution in [-0.2, 0) is 0 Å². The quantitative estimate of drug-likeness (QED) is 0.265. The third kappa shape index (κ3) is 6.59. The Kier molecular flexibility index (Phi) is 10.1. The third-order valence-electron chi connectivity index (χ3n) is 14.8. The van der Waals surface area contributed by atoms with Crippen LogP contribution in [0.5, 0.6) is 0 Å². The molecule has 1 aliphatic heterocycles. The molecule has 0 aromatic heterocycles. The van der Waals surface area contributed by atoms with Gasteiger partial charge in [-0.2, -0.15) is 0 Å². The van der Waals surface area contributed by atoms with Crippen LogP contribution < -0.4 is 0 Å². The molecule has 0 spiro atoms. The second kappa shape index (κ2) is 14.5. The lowest BCUT2D eigenvalue weighted by atomic mass is 9.57. The van der Waals surface area contributed by atoms with Crippen molar-refractivity contribution in [2.45, 2.75) is 148 Å². The average molecular weight is 650 g/mol. The molecule has 7 atom stereocenters. The molecule has 7 aliphatic carbocycles. The molecule has 0 amide bonds. The van der Waals surface area contributed by atoms with Gasteiger partial charge in [-0.3, -0.25) is 4.90 Å². The van der Waals surface area contributed by atoms with Gasteiger partial charge in [-0.25, -0.2) is 10.0 Å². The molecule has 0 aromatic rings. The standard InChI is InChI=1S/C45H67N3/c1-31-18-22-33(23-19-31)30-48-45(46(3)44(47(48)4)35-24-20-32(2)21-25-35)39-27-37(34-12-6-5-7-13-34)26-38(28-39)43-29-36-14-8-9-15-40(36)41-16-10-11-17-42(41)43/h12,20,24,26-27,29,31,33,39-45H,5-11,13-19,21-23,25,28,30H2,1-4H3. The highest BCUT2D eigenvalue weighted by atomic mass is 15.8. The van der Waals surface area contributed by atoms with Crippen LogP contribution in [0.3, 0.4) is 0 Å². The summed E-state index contributed by atoms with van der Waals surface area (Å²) in [6, 6.07) is 0. The lowest BCUT2D eigenvalue weighted by Gasteiger charge is -2.49. The Morgan fingerprint density at radius 2 is 1.52 bits per heavy atom. The van der Waals surface area contributed by atoms with Crippen molar-refractivity contribution in [3.05, 3.63) is 69.9 Å². The van der Waals surface area contributed by atoms with Crippen molar-refractivity contribution in [2.24, 2.45) is 41.4 Å². The molecule has 1 saturated heterocycles. The van der Waals surface area contributed by atoms with E-state index in [9.17, 15) is 0 Å². The minimum Gasteiger partial charge on any atom is -0.269 e. The summed E-state index contributed by atoms with van der Waals surface area (Å²) in [5.74, 6) is 5.63. The summed E-state index contributed by atoms with van der Waals surface area (Å²) in [7, 11) is 4.92. The highest BCUT2D eigenvalue weighted by Gasteiger charge is 2.49. The molecule has 48 heavy (non-hydrogen) atoms. The number of allylic oxidation sites excluding steroid dienone is 10. The van der Waals surface area contributed by atoms with Gasteiger partial charge in [-0.15, -0.1) is 0 Å². The number of fused-ring (bicyclic) bond motifs is 3. The van der Waals surface area contributed by atoms with Crippen LogP contribution in [0, 0.1) is 41.4 Å². The second-order valence-electron chi connectivity index (χ2n) is 17.9. The van der Waals surface area contributed by atoms with E-state index in [-0.39, 0.29) is 0 Å². The molecule has 3 saturated carbocycles. The zero-order chi connectivity index (χ0) is 32.8. The number of hydrogen-bond acceptors (Lipinski definition) is 3. The molecule has 262 valence electrons. The highest BCUT2D eigenvalue weighted by Crippen LogP contribution is 2.54. The highest BCUT2D eigenvalue weighted by molar-refractivity contribution is 5.47. The zero-order valence-electron chi connectivity index (χ0n) is 31.1. The lowest BCUT2D eigenvalue weighted by Crippen LogP contribution is -2.48. The van der Waals surface area contributed by atoms with Crippen molar-refractivity contribution in [2.75, 3.05) is 20.6 Å². The first kappa shape index (κ1) is 33.5. The van der Waals surface area contributed by atoms with E-state index < -0.39 is 0 Å². The van der Waals surface area contributed by atoms with Gasteiger partial charge < -0.3 is 0 Å². The number of hydrogen-bond donors (Lipinski definition) is 0. The van der Waals surface area contributed by atoms with Crippen LogP contribution in [0.25, 0.3) is 0 Å². The summed E-state index contributed by atoms with van der Waals surface area (Å²) in [6.45, 7) is 6.01. The first-order valence-electron chi connectivity index (χ1n) is 20.8. The van der Waals surface area contributed by atoms with Crippen LogP contribution in [0.4, 0.5) is 0 Å². The van der Waals surface area contributed by atoms with Crippen molar-refractivity contribution in [1.29, 1.82) is 0 Å². The van der Waals surface area contributed by atoms with Gasteiger partial charge in [0.25, 0.3) is 0 Å². The molecule has 4 fully saturated rings. The van der Waals surface area contributed by atoms with Crippen LogP contribution >= 0.6 is 0 Å². The van der Waals surface area contributed by atoms with Crippen LogP contribution in [0.15, 0.2) is 69.9 Å². The second-order valence-corrected chi connectivity index (χ2v) is 17.9. The number of rotatable bonds is 6. The minimum absolute atomic E-state index is 0.365. The van der Waals surface area contributed by atoms with Crippen molar-refractivity contribution in [1.82, 2.24) is 14.9 Å². The van der Waals surface area contributed by atoms with Gasteiger partial charge in [0.2, 0.25) is 0 Å². The van der Waals surface area contributed by atoms with E-state index in [2.05, 4.69) is 79.3 Å². The molecule has 7 unspecified atom stereocenters. The normalized spacial score (nSPS) is 40.1. The summed E-state index contributed by atoms with van der Waals surface area (Å²) >= 11 is 0. The maximum Gasteiger partial charge on any atom is 0.0989 e. The predicted octanol–water partition coefficient (Wildman–Crippen LogP) is 11.2. The van der Waals surface area contributed by atoms with Crippen molar-refractivity contribution >= 4 is 0 Å². The first-order valence-corrected chi connectivity index (χ1v) is 20.8. The van der Waals surface area contributed by atoms with E-state index >= 15 is 0 Å². The number of hydrazine groups is 1. The Hall–Kier alpha value is -1.68. The Morgan fingerprint density at radius 3 is 2.29 bits per heavy atom. The Balaban J connectivity index is 1.16. The average Bonchev–Trinajstić information content (AvgIpc) is 3.37. The monoisotopic (exact) mass is 650 g/mol. The Morgan fingerprint density at radius 1 is 0.729 bits per heavy atom. The van der Waals surface area contributed by atoms with E-state index in [4.69, 9.17) is 0 Å². The summed E-state index contributed by atoms with van der Waals surface area (Å²) < 4.78 is 0. The van der Waals surface area contributed by atoms with Gasteiger partial charge in [0.15, 0.2) is 0 Å². The fraction of sp³-hybridized carbons (Fsp3) is 0.733. The van der Waals surface area contributed by atoms with Gasteiger partial charge in [-0.05, 0) is 150 Å². The fourth-order valence-electron chi connectivity index (χ4n) is 12.2. The molecule has 0 bridgehead atoms. The SMILES string of the molecule is CC1=CC=C(C2N(C)C(C3C=C(C4=CCCCC4)C=C(C4C=C5CCCCC5C5CCCCC45)C3)N(CC3CCC(C)CC3)N2C)CC1. The minimum atomic E-state index is 0.365. The fourth-order valence-corrected chi connectivity index (χ4v) is 12.2. The summed E-state index contributed by atoms with van der Waals surface area (Å²) in [4.78, 5) is 2.82. The third-order valence-corrected chi connectivity index (χ3v) is 14.8. The number of nitrogens with zero attached hydrogens (tertiary/aromatic N) is 3. The molecule has 0 radical (unpaired) electrons. The number of likely N-dealkylation sites (N-methyl/N-ethyl adjacent to an activating group) is 2.